The van der Waals surface area contributed by atoms with Crippen molar-refractivity contribution in [3.05, 3.63) is 46.4 Å². The fourth-order valence-corrected chi connectivity index (χ4v) is 4.81. The van der Waals surface area contributed by atoms with Crippen molar-refractivity contribution in [1.29, 1.82) is 0 Å². The van der Waals surface area contributed by atoms with Gasteiger partial charge in [0.1, 0.15) is 12.4 Å². The first-order valence-corrected chi connectivity index (χ1v) is 13.0. The molecule has 0 saturated carbocycles. The molecule has 38 heavy (non-hydrogen) atoms. The zero-order valence-electron chi connectivity index (χ0n) is 22.0. The lowest BCUT2D eigenvalue weighted by molar-refractivity contribution is 0.0673. The Morgan fingerprint density at radius 3 is 2.71 bits per heavy atom. The lowest BCUT2D eigenvalue weighted by Gasteiger charge is -2.29. The van der Waals surface area contributed by atoms with Gasteiger partial charge in [0.15, 0.2) is 5.75 Å². The molecule has 2 aromatic heterocycles. The first kappa shape index (κ1) is 25.9. The number of carbonyl (C=O) groups excluding carboxylic acids is 1. The third-order valence-corrected chi connectivity index (χ3v) is 7.16. The van der Waals surface area contributed by atoms with Crippen molar-refractivity contribution in [3.8, 4) is 11.5 Å². The molecule has 0 bridgehead atoms. The summed E-state index contributed by atoms with van der Waals surface area (Å²) in [5.74, 6) is 0.911. The standard InChI is InChI=1S/C27H34N6O5/c1-32-10-8-18(9-11-32)29-25(34)17-6-7-20(23(13-17)36-3)30-27-28-15-22-21(31-27)14-24(26(35)33(22)2)38-16-19-5-4-12-37-19/h6-7,13-15,18-19H,4-5,8-12,16H2,1-3H3,(H,29,34)(H,28,30,31). The highest BCUT2D eigenvalue weighted by molar-refractivity contribution is 5.95. The van der Waals surface area contributed by atoms with Crippen molar-refractivity contribution in [3.63, 3.8) is 0 Å². The van der Waals surface area contributed by atoms with Crippen molar-refractivity contribution in [2.24, 2.45) is 7.05 Å². The van der Waals surface area contributed by atoms with Crippen LogP contribution in [0, 0.1) is 0 Å². The van der Waals surface area contributed by atoms with E-state index in [2.05, 4.69) is 32.5 Å². The normalized spacial score (nSPS) is 18.4. The van der Waals surface area contributed by atoms with Crippen molar-refractivity contribution in [2.75, 3.05) is 45.8 Å². The van der Waals surface area contributed by atoms with Crippen molar-refractivity contribution in [2.45, 2.75) is 37.8 Å². The van der Waals surface area contributed by atoms with Gasteiger partial charge in [0.25, 0.3) is 11.5 Å². The van der Waals surface area contributed by atoms with Gasteiger partial charge in [-0.2, -0.15) is 0 Å². The maximum Gasteiger partial charge on any atom is 0.293 e. The topological polar surface area (TPSA) is 120 Å². The molecule has 11 heteroatoms. The average molecular weight is 523 g/mol. The van der Waals surface area contributed by atoms with Crippen LogP contribution >= 0.6 is 0 Å². The third-order valence-electron chi connectivity index (χ3n) is 7.16. The Morgan fingerprint density at radius 2 is 1.97 bits per heavy atom. The summed E-state index contributed by atoms with van der Waals surface area (Å²) < 4.78 is 18.4. The monoisotopic (exact) mass is 522 g/mol. The molecule has 0 radical (unpaired) electrons. The molecule has 2 aliphatic rings. The Hall–Kier alpha value is -3.70. The smallest absolute Gasteiger partial charge is 0.293 e. The number of amides is 1. The van der Waals surface area contributed by atoms with E-state index in [4.69, 9.17) is 14.2 Å². The van der Waals surface area contributed by atoms with E-state index in [1.54, 1.807) is 44.6 Å². The van der Waals surface area contributed by atoms with E-state index >= 15 is 0 Å². The predicted molar refractivity (Wildman–Crippen MR) is 144 cm³/mol. The molecule has 2 N–H and O–H groups in total. The summed E-state index contributed by atoms with van der Waals surface area (Å²) in [6.07, 6.45) is 5.38. The van der Waals surface area contributed by atoms with E-state index in [9.17, 15) is 9.59 Å². The quantitative estimate of drug-likeness (QED) is 0.460. The lowest BCUT2D eigenvalue weighted by Crippen LogP contribution is -2.43. The predicted octanol–water partition coefficient (Wildman–Crippen LogP) is 2.46. The van der Waals surface area contributed by atoms with E-state index in [-0.39, 0.29) is 29.4 Å². The van der Waals surface area contributed by atoms with Gasteiger partial charge in [-0.3, -0.25) is 9.59 Å². The van der Waals surface area contributed by atoms with Crippen molar-refractivity contribution >= 4 is 28.6 Å². The second-order valence-electron chi connectivity index (χ2n) is 9.87. The first-order valence-electron chi connectivity index (χ1n) is 13.0. The van der Waals surface area contributed by atoms with Crippen LogP contribution < -0.4 is 25.7 Å². The van der Waals surface area contributed by atoms with E-state index < -0.39 is 0 Å². The van der Waals surface area contributed by atoms with Gasteiger partial charge in [0, 0.05) is 31.3 Å². The van der Waals surface area contributed by atoms with E-state index in [0.29, 0.717) is 40.6 Å². The lowest BCUT2D eigenvalue weighted by atomic mass is 10.0. The number of hydrogen-bond donors (Lipinski definition) is 2. The molecule has 0 spiro atoms. The van der Waals surface area contributed by atoms with Crippen LogP contribution in [-0.4, -0.2) is 77.9 Å². The molecular formula is C27H34N6O5. The minimum absolute atomic E-state index is 0.0000763. The van der Waals surface area contributed by atoms with E-state index in [0.717, 1.165) is 45.4 Å². The summed E-state index contributed by atoms with van der Waals surface area (Å²) in [5, 5.41) is 6.29. The Morgan fingerprint density at radius 1 is 1.16 bits per heavy atom. The maximum absolute atomic E-state index is 12.8. The van der Waals surface area contributed by atoms with Crippen LogP contribution in [0.1, 0.15) is 36.0 Å². The van der Waals surface area contributed by atoms with Crippen LogP contribution in [0.15, 0.2) is 35.3 Å². The van der Waals surface area contributed by atoms with Gasteiger partial charge in [-0.05, 0) is 64.0 Å². The summed E-state index contributed by atoms with van der Waals surface area (Å²) >= 11 is 0. The van der Waals surface area contributed by atoms with Gasteiger partial charge >= 0.3 is 0 Å². The third kappa shape index (κ3) is 5.73. The number of nitrogens with zero attached hydrogens (tertiary/aromatic N) is 4. The zero-order chi connectivity index (χ0) is 26.6. The molecule has 2 fully saturated rings. The summed E-state index contributed by atoms with van der Waals surface area (Å²) in [7, 11) is 5.31. The van der Waals surface area contributed by atoms with E-state index in [1.165, 1.54) is 4.57 Å². The molecule has 4 heterocycles. The minimum Gasteiger partial charge on any atom is -0.495 e. The van der Waals surface area contributed by atoms with Gasteiger partial charge in [0.2, 0.25) is 5.95 Å². The van der Waals surface area contributed by atoms with Crippen LogP contribution in [-0.2, 0) is 11.8 Å². The van der Waals surface area contributed by atoms with Crippen LogP contribution in [0.3, 0.4) is 0 Å². The molecule has 3 aromatic rings. The van der Waals surface area contributed by atoms with Crippen molar-refractivity contribution in [1.82, 2.24) is 24.8 Å². The first-order chi connectivity index (χ1) is 18.4. The maximum atomic E-state index is 12.8. The molecule has 11 nitrogen and oxygen atoms in total. The molecule has 1 atom stereocenters. The number of pyridine rings is 1. The highest BCUT2D eigenvalue weighted by atomic mass is 16.5. The highest BCUT2D eigenvalue weighted by Gasteiger charge is 2.21. The Bertz CT molecular complexity index is 1360. The number of aryl methyl sites for hydroxylation is 1. The summed E-state index contributed by atoms with van der Waals surface area (Å²) in [4.78, 5) is 36.8. The number of nitrogens with one attached hydrogen (secondary N) is 2. The molecule has 202 valence electrons. The second kappa shape index (κ2) is 11.4. The number of piperidine rings is 1. The largest absolute Gasteiger partial charge is 0.495 e. The van der Waals surface area contributed by atoms with Crippen LogP contribution in [0.25, 0.3) is 11.0 Å². The Balaban J connectivity index is 1.32. The van der Waals surface area contributed by atoms with Crippen LogP contribution in [0.5, 0.6) is 11.5 Å². The number of methoxy groups -OCH3 is 1. The fraction of sp³-hybridized carbons (Fsp3) is 0.481. The van der Waals surface area contributed by atoms with Crippen LogP contribution in [0.2, 0.25) is 0 Å². The number of fused-ring (bicyclic) bond motifs is 1. The van der Waals surface area contributed by atoms with Gasteiger partial charge in [-0.1, -0.05) is 0 Å². The van der Waals surface area contributed by atoms with E-state index in [1.807, 2.05) is 0 Å². The summed E-state index contributed by atoms with van der Waals surface area (Å²) in [5.41, 5.74) is 2.02. The number of aromatic nitrogens is 3. The minimum atomic E-state index is -0.254. The molecule has 2 aliphatic heterocycles. The number of benzene rings is 1. The number of carbonyl (C=O) groups is 1. The summed E-state index contributed by atoms with van der Waals surface area (Å²) in [6.45, 7) is 2.99. The van der Waals surface area contributed by atoms with Crippen molar-refractivity contribution < 1.29 is 19.0 Å². The molecule has 5 rings (SSSR count). The molecule has 2 saturated heterocycles. The van der Waals surface area contributed by atoms with Crippen LogP contribution in [0.4, 0.5) is 11.6 Å². The molecule has 0 aliphatic carbocycles. The molecular weight excluding hydrogens is 488 g/mol. The number of anilines is 2. The zero-order valence-corrected chi connectivity index (χ0v) is 22.0. The fourth-order valence-electron chi connectivity index (χ4n) is 4.81. The summed E-state index contributed by atoms with van der Waals surface area (Å²) in [6, 6.07) is 7.02. The Kier molecular flexibility index (Phi) is 7.75. The number of likely N-dealkylation sites (tertiary alicyclic amines) is 1. The highest BCUT2D eigenvalue weighted by Crippen LogP contribution is 2.28. The average Bonchev–Trinajstić information content (AvgIpc) is 3.45. The SMILES string of the molecule is COc1cc(C(=O)NC2CCN(C)CC2)ccc1Nc1ncc2c(cc(OCC3CCCO3)c(=O)n2C)n1. The molecule has 1 amide bonds. The molecule has 1 aromatic carbocycles. The number of rotatable bonds is 8. The van der Waals surface area contributed by atoms with Gasteiger partial charge in [0.05, 0.1) is 36.1 Å². The van der Waals surface area contributed by atoms with Gasteiger partial charge in [-0.15, -0.1) is 0 Å². The van der Waals surface area contributed by atoms with Gasteiger partial charge < -0.3 is 34.3 Å². The number of ether oxygens (including phenoxy) is 3. The number of hydrogen-bond acceptors (Lipinski definition) is 9. The second-order valence-corrected chi connectivity index (χ2v) is 9.87. The molecule has 1 unspecified atom stereocenters. The Labute approximate surface area is 221 Å². The van der Waals surface area contributed by atoms with Gasteiger partial charge in [-0.25, -0.2) is 9.97 Å².